The molecule has 1 aliphatic heterocycles. The molecule has 1 amide bonds. The number of hydrogen-bond donors (Lipinski definition) is 1. The lowest BCUT2D eigenvalue weighted by molar-refractivity contribution is -0.129. The van der Waals surface area contributed by atoms with E-state index in [2.05, 4.69) is 5.32 Å². The van der Waals surface area contributed by atoms with Crippen LogP contribution in [0, 0.1) is 12.8 Å². The first-order valence-electron chi connectivity index (χ1n) is 6.70. The monoisotopic (exact) mass is 309 g/mol. The molecule has 1 unspecified atom stereocenters. The Hall–Kier alpha value is -0.940. The summed E-state index contributed by atoms with van der Waals surface area (Å²) in [6, 6.07) is 7.63. The van der Waals surface area contributed by atoms with Gasteiger partial charge in [0.15, 0.2) is 0 Å². The highest BCUT2D eigenvalue weighted by Gasteiger charge is 2.34. The van der Waals surface area contributed by atoms with Crippen molar-refractivity contribution in [1.29, 1.82) is 0 Å². The van der Waals surface area contributed by atoms with Crippen LogP contribution in [0.2, 0.25) is 0 Å². The molecule has 1 aromatic carbocycles. The maximum atomic E-state index is 12.4. The summed E-state index contributed by atoms with van der Waals surface area (Å²) < 4.78 is 0.0465. The smallest absolute Gasteiger partial charge is 0.236 e. The lowest BCUT2D eigenvalue weighted by atomic mass is 10.1. The molecule has 1 atom stereocenters. The van der Waals surface area contributed by atoms with Crippen molar-refractivity contribution in [2.24, 2.45) is 5.92 Å². The Labute approximate surface area is 128 Å². The Morgan fingerprint density at radius 1 is 1.25 bits per heavy atom. The summed E-state index contributed by atoms with van der Waals surface area (Å²) in [5.74, 6) is 1.25. The Kier molecular flexibility index (Phi) is 5.54. The SMILES string of the molecule is CC(=O)C(C(=O)Nc1ccccc1C)C1SCCCS1. The van der Waals surface area contributed by atoms with Crippen LogP contribution in [0.15, 0.2) is 24.3 Å². The predicted molar refractivity (Wildman–Crippen MR) is 87.3 cm³/mol. The van der Waals surface area contributed by atoms with Gasteiger partial charge in [-0.3, -0.25) is 9.59 Å². The molecule has 5 heteroatoms. The van der Waals surface area contributed by atoms with E-state index in [0.717, 1.165) is 29.2 Å². The maximum Gasteiger partial charge on any atom is 0.236 e. The van der Waals surface area contributed by atoms with Gasteiger partial charge in [-0.1, -0.05) is 18.2 Å². The number of nitrogens with one attached hydrogen (secondary N) is 1. The lowest BCUT2D eigenvalue weighted by Gasteiger charge is -2.27. The average molecular weight is 309 g/mol. The van der Waals surface area contributed by atoms with Crippen LogP contribution in [0.3, 0.4) is 0 Å². The van der Waals surface area contributed by atoms with Crippen molar-refractivity contribution >= 4 is 40.9 Å². The van der Waals surface area contributed by atoms with E-state index in [1.165, 1.54) is 6.92 Å². The number of para-hydroxylation sites is 1. The van der Waals surface area contributed by atoms with E-state index < -0.39 is 5.92 Å². The first-order chi connectivity index (χ1) is 9.59. The molecular formula is C15H19NO2S2. The fraction of sp³-hybridized carbons (Fsp3) is 0.467. The van der Waals surface area contributed by atoms with Crippen molar-refractivity contribution in [3.8, 4) is 0 Å². The third kappa shape index (κ3) is 3.79. The summed E-state index contributed by atoms with van der Waals surface area (Å²) >= 11 is 3.45. The van der Waals surface area contributed by atoms with Crippen LogP contribution in [-0.4, -0.2) is 27.8 Å². The standard InChI is InChI=1S/C15H19NO2S2/c1-10-6-3-4-7-12(10)16-14(18)13(11(2)17)15-19-8-5-9-20-15/h3-4,6-7,13,15H,5,8-9H2,1-2H3,(H,16,18). The van der Waals surface area contributed by atoms with E-state index in [4.69, 9.17) is 0 Å². The van der Waals surface area contributed by atoms with E-state index in [0.29, 0.717) is 0 Å². The largest absolute Gasteiger partial charge is 0.325 e. The molecule has 1 saturated heterocycles. The van der Waals surface area contributed by atoms with Gasteiger partial charge in [-0.2, -0.15) is 0 Å². The number of carbonyl (C=O) groups is 2. The summed E-state index contributed by atoms with van der Waals surface area (Å²) in [4.78, 5) is 24.3. The highest BCUT2D eigenvalue weighted by Crippen LogP contribution is 2.37. The van der Waals surface area contributed by atoms with Crippen LogP contribution >= 0.6 is 23.5 Å². The van der Waals surface area contributed by atoms with Crippen LogP contribution in [0.1, 0.15) is 18.9 Å². The van der Waals surface area contributed by atoms with Crippen LogP contribution in [-0.2, 0) is 9.59 Å². The zero-order valence-corrected chi connectivity index (χ0v) is 13.4. The molecule has 2 rings (SSSR count). The number of aryl methyl sites for hydroxylation is 1. The fourth-order valence-corrected chi connectivity index (χ4v) is 5.37. The second-order valence-electron chi connectivity index (χ2n) is 4.86. The van der Waals surface area contributed by atoms with Gasteiger partial charge < -0.3 is 5.32 Å². The normalized spacial score (nSPS) is 17.5. The zero-order valence-electron chi connectivity index (χ0n) is 11.7. The van der Waals surface area contributed by atoms with Crippen molar-refractivity contribution in [1.82, 2.24) is 0 Å². The van der Waals surface area contributed by atoms with Gasteiger partial charge in [0, 0.05) is 5.69 Å². The molecule has 0 aromatic heterocycles. The van der Waals surface area contributed by atoms with E-state index in [1.807, 2.05) is 31.2 Å². The number of thioether (sulfide) groups is 2. The lowest BCUT2D eigenvalue weighted by Crippen LogP contribution is -2.36. The molecule has 20 heavy (non-hydrogen) atoms. The van der Waals surface area contributed by atoms with Gasteiger partial charge in [-0.05, 0) is 43.4 Å². The number of carbonyl (C=O) groups excluding carboxylic acids is 2. The number of hydrogen-bond acceptors (Lipinski definition) is 4. The number of rotatable bonds is 4. The number of amides is 1. The van der Waals surface area contributed by atoms with Crippen molar-refractivity contribution in [2.45, 2.75) is 24.9 Å². The minimum atomic E-state index is -0.565. The topological polar surface area (TPSA) is 46.2 Å². The van der Waals surface area contributed by atoms with Crippen LogP contribution in [0.5, 0.6) is 0 Å². The molecule has 0 aliphatic carbocycles. The Morgan fingerprint density at radius 2 is 1.90 bits per heavy atom. The second-order valence-corrected chi connectivity index (χ2v) is 7.65. The number of ketones is 1. The summed E-state index contributed by atoms with van der Waals surface area (Å²) in [5, 5.41) is 2.90. The molecule has 1 N–H and O–H groups in total. The van der Waals surface area contributed by atoms with E-state index in [-0.39, 0.29) is 16.3 Å². The molecule has 0 radical (unpaired) electrons. The highest BCUT2D eigenvalue weighted by atomic mass is 32.2. The van der Waals surface area contributed by atoms with Gasteiger partial charge in [0.2, 0.25) is 5.91 Å². The summed E-state index contributed by atoms with van der Waals surface area (Å²) in [5.41, 5.74) is 1.79. The van der Waals surface area contributed by atoms with Gasteiger partial charge in [0.1, 0.15) is 11.7 Å². The minimum absolute atomic E-state index is 0.0465. The molecule has 1 aliphatic rings. The van der Waals surface area contributed by atoms with E-state index in [1.54, 1.807) is 23.5 Å². The zero-order chi connectivity index (χ0) is 14.5. The van der Waals surface area contributed by atoms with Crippen LogP contribution in [0.4, 0.5) is 5.69 Å². The molecule has 0 bridgehead atoms. The van der Waals surface area contributed by atoms with Crippen molar-refractivity contribution in [2.75, 3.05) is 16.8 Å². The van der Waals surface area contributed by atoms with Gasteiger partial charge in [-0.25, -0.2) is 0 Å². The van der Waals surface area contributed by atoms with Gasteiger partial charge in [-0.15, -0.1) is 23.5 Å². The summed E-state index contributed by atoms with van der Waals surface area (Å²) in [6.45, 7) is 3.46. The van der Waals surface area contributed by atoms with Gasteiger partial charge in [0.25, 0.3) is 0 Å². The second kappa shape index (κ2) is 7.18. The van der Waals surface area contributed by atoms with Crippen molar-refractivity contribution in [3.05, 3.63) is 29.8 Å². The molecule has 0 saturated carbocycles. The Morgan fingerprint density at radius 3 is 2.50 bits per heavy atom. The molecule has 108 valence electrons. The van der Waals surface area contributed by atoms with Gasteiger partial charge in [0.05, 0.1) is 4.58 Å². The van der Waals surface area contributed by atoms with Crippen LogP contribution in [0.25, 0.3) is 0 Å². The molecular weight excluding hydrogens is 290 g/mol. The first kappa shape index (κ1) is 15.4. The molecule has 0 spiro atoms. The quantitative estimate of drug-likeness (QED) is 0.867. The Balaban J connectivity index is 2.11. The van der Waals surface area contributed by atoms with Gasteiger partial charge >= 0.3 is 0 Å². The van der Waals surface area contributed by atoms with Crippen LogP contribution < -0.4 is 5.32 Å². The predicted octanol–water partition coefficient (Wildman–Crippen LogP) is 3.33. The summed E-state index contributed by atoms with van der Waals surface area (Å²) in [6.07, 6.45) is 1.15. The van der Waals surface area contributed by atoms with E-state index >= 15 is 0 Å². The number of benzene rings is 1. The minimum Gasteiger partial charge on any atom is -0.325 e. The Bertz CT molecular complexity index is 498. The molecule has 1 aromatic rings. The third-order valence-electron chi connectivity index (χ3n) is 3.25. The summed E-state index contributed by atoms with van der Waals surface area (Å²) in [7, 11) is 0. The third-order valence-corrected chi connectivity index (χ3v) is 6.32. The first-order valence-corrected chi connectivity index (χ1v) is 8.79. The fourth-order valence-electron chi connectivity index (χ4n) is 2.12. The molecule has 3 nitrogen and oxygen atoms in total. The maximum absolute atomic E-state index is 12.4. The highest BCUT2D eigenvalue weighted by molar-refractivity contribution is 8.17. The molecule has 1 fully saturated rings. The van der Waals surface area contributed by atoms with Crippen molar-refractivity contribution < 1.29 is 9.59 Å². The molecule has 1 heterocycles. The average Bonchev–Trinajstić information content (AvgIpc) is 2.42. The number of anilines is 1. The van der Waals surface area contributed by atoms with Crippen molar-refractivity contribution in [3.63, 3.8) is 0 Å². The van der Waals surface area contributed by atoms with E-state index in [9.17, 15) is 9.59 Å². The number of Topliss-reactive ketones (excluding diaryl/α,β-unsaturated/α-hetero) is 1.